The van der Waals surface area contributed by atoms with Gasteiger partial charge in [-0.15, -0.1) is 0 Å². The molecule has 0 saturated heterocycles. The molecule has 0 unspecified atom stereocenters. The summed E-state index contributed by atoms with van der Waals surface area (Å²) in [5, 5.41) is 6.58. The number of aromatic nitrogens is 2. The van der Waals surface area contributed by atoms with Crippen molar-refractivity contribution in [2.75, 3.05) is 4.72 Å². The van der Waals surface area contributed by atoms with Crippen LogP contribution in [0.1, 0.15) is 17.0 Å². The van der Waals surface area contributed by atoms with E-state index in [1.165, 1.54) is 0 Å². The Morgan fingerprint density at radius 2 is 1.95 bits per heavy atom. The van der Waals surface area contributed by atoms with Crippen molar-refractivity contribution in [1.82, 2.24) is 10.2 Å². The molecule has 1 heterocycles. The van der Waals surface area contributed by atoms with Gasteiger partial charge in [-0.25, -0.2) is 8.42 Å². The molecule has 0 saturated carbocycles. The summed E-state index contributed by atoms with van der Waals surface area (Å²) >= 11 is 3.35. The minimum atomic E-state index is -3.63. The van der Waals surface area contributed by atoms with E-state index in [4.69, 9.17) is 0 Å². The number of halogens is 1. The van der Waals surface area contributed by atoms with Gasteiger partial charge in [-0.2, -0.15) is 5.10 Å². The summed E-state index contributed by atoms with van der Waals surface area (Å²) in [5.74, 6) is 0. The van der Waals surface area contributed by atoms with Crippen LogP contribution in [0.15, 0.2) is 27.6 Å². The van der Waals surface area contributed by atoms with E-state index in [2.05, 4.69) is 30.8 Å². The van der Waals surface area contributed by atoms with E-state index in [1.54, 1.807) is 26.0 Å². The van der Waals surface area contributed by atoms with Crippen LogP contribution in [0.2, 0.25) is 0 Å². The first-order chi connectivity index (χ1) is 8.81. The second-order valence-electron chi connectivity index (χ2n) is 4.33. The average Bonchev–Trinajstić information content (AvgIpc) is 2.63. The minimum Gasteiger partial charge on any atom is -0.281 e. The van der Waals surface area contributed by atoms with Gasteiger partial charge in [0.2, 0.25) is 0 Å². The number of aromatic amines is 1. The van der Waals surface area contributed by atoms with Crippen LogP contribution in [-0.4, -0.2) is 18.6 Å². The Morgan fingerprint density at radius 1 is 1.26 bits per heavy atom. The van der Waals surface area contributed by atoms with Crippen molar-refractivity contribution in [2.45, 2.75) is 25.7 Å². The quantitative estimate of drug-likeness (QED) is 0.899. The fourth-order valence-corrected chi connectivity index (χ4v) is 3.85. The Morgan fingerprint density at radius 3 is 2.47 bits per heavy atom. The standard InChI is InChI=1S/C12H14BrN3O2S/c1-7-6-10(13)4-5-11(7)16-19(17,18)12-8(2)14-15-9(12)3/h4-6,16H,1-3H3,(H,14,15). The van der Waals surface area contributed by atoms with Crippen molar-refractivity contribution >= 4 is 31.6 Å². The fraction of sp³-hybridized carbons (Fsp3) is 0.250. The number of nitrogens with zero attached hydrogens (tertiary/aromatic N) is 1. The lowest BCUT2D eigenvalue weighted by atomic mass is 10.2. The average molecular weight is 344 g/mol. The zero-order valence-electron chi connectivity index (χ0n) is 10.8. The van der Waals surface area contributed by atoms with E-state index in [9.17, 15) is 8.42 Å². The molecule has 0 aliphatic carbocycles. The van der Waals surface area contributed by atoms with Gasteiger partial charge in [-0.05, 0) is 44.5 Å². The molecule has 0 bridgehead atoms. The van der Waals surface area contributed by atoms with Gasteiger partial charge in [0.25, 0.3) is 10.0 Å². The molecule has 0 radical (unpaired) electrons. The smallest absolute Gasteiger partial charge is 0.265 e. The van der Waals surface area contributed by atoms with Crippen LogP contribution in [0.25, 0.3) is 0 Å². The highest BCUT2D eigenvalue weighted by Crippen LogP contribution is 2.25. The Hall–Kier alpha value is -1.34. The fourth-order valence-electron chi connectivity index (χ4n) is 1.87. The molecule has 2 N–H and O–H groups in total. The van der Waals surface area contributed by atoms with E-state index in [1.807, 2.05) is 13.0 Å². The second kappa shape index (κ2) is 4.97. The number of nitrogens with one attached hydrogen (secondary N) is 2. The first-order valence-corrected chi connectivity index (χ1v) is 7.89. The van der Waals surface area contributed by atoms with Gasteiger partial charge >= 0.3 is 0 Å². The third-order valence-electron chi connectivity index (χ3n) is 2.76. The molecule has 0 fully saturated rings. The molecule has 0 aliphatic heterocycles. The third-order valence-corrected chi connectivity index (χ3v) is 4.88. The lowest BCUT2D eigenvalue weighted by Crippen LogP contribution is -2.15. The van der Waals surface area contributed by atoms with Crippen LogP contribution in [0.4, 0.5) is 5.69 Å². The molecule has 2 rings (SSSR count). The summed E-state index contributed by atoms with van der Waals surface area (Å²) in [4.78, 5) is 0.204. The molecule has 0 spiro atoms. The van der Waals surface area contributed by atoms with Crippen LogP contribution in [0.5, 0.6) is 0 Å². The predicted octanol–water partition coefficient (Wildman–Crippen LogP) is 2.90. The Bertz CT molecular complexity index is 703. The number of hydrogen-bond acceptors (Lipinski definition) is 3. The van der Waals surface area contributed by atoms with Crippen molar-refractivity contribution in [1.29, 1.82) is 0 Å². The number of hydrogen-bond donors (Lipinski definition) is 2. The molecule has 7 heteroatoms. The van der Waals surface area contributed by atoms with E-state index in [-0.39, 0.29) is 4.90 Å². The van der Waals surface area contributed by atoms with Crippen molar-refractivity contribution in [3.05, 3.63) is 39.6 Å². The first kappa shape index (κ1) is 14.1. The highest BCUT2D eigenvalue weighted by atomic mass is 79.9. The zero-order valence-corrected chi connectivity index (χ0v) is 13.2. The van der Waals surface area contributed by atoms with Crippen LogP contribution < -0.4 is 4.72 Å². The Balaban J connectivity index is 2.42. The minimum absolute atomic E-state index is 0.204. The van der Waals surface area contributed by atoms with Gasteiger partial charge in [-0.3, -0.25) is 9.82 Å². The number of H-pyrrole nitrogens is 1. The second-order valence-corrected chi connectivity index (χ2v) is 6.86. The highest BCUT2D eigenvalue weighted by molar-refractivity contribution is 9.10. The molecule has 1 aromatic heterocycles. The summed E-state index contributed by atoms with van der Waals surface area (Å²) in [6.45, 7) is 5.19. The van der Waals surface area contributed by atoms with Gasteiger partial charge in [0.1, 0.15) is 4.90 Å². The van der Waals surface area contributed by atoms with E-state index in [0.717, 1.165) is 10.0 Å². The Kier molecular flexibility index (Phi) is 3.69. The van der Waals surface area contributed by atoms with Crippen molar-refractivity contribution in [2.24, 2.45) is 0 Å². The topological polar surface area (TPSA) is 74.8 Å². The summed E-state index contributed by atoms with van der Waals surface area (Å²) < 4.78 is 28.2. The van der Waals surface area contributed by atoms with Crippen molar-refractivity contribution < 1.29 is 8.42 Å². The summed E-state index contributed by atoms with van der Waals surface area (Å²) in [7, 11) is -3.63. The van der Waals surface area contributed by atoms with Crippen molar-refractivity contribution in [3.8, 4) is 0 Å². The van der Waals surface area contributed by atoms with Gasteiger partial charge in [0.15, 0.2) is 0 Å². The molecule has 1 aromatic carbocycles. The molecule has 0 aliphatic rings. The van der Waals surface area contributed by atoms with E-state index < -0.39 is 10.0 Å². The summed E-state index contributed by atoms with van der Waals surface area (Å²) in [5.41, 5.74) is 2.39. The normalized spacial score (nSPS) is 11.6. The SMILES string of the molecule is Cc1cc(Br)ccc1NS(=O)(=O)c1c(C)n[nH]c1C. The predicted molar refractivity (Wildman–Crippen MR) is 77.7 cm³/mol. The van der Waals surface area contributed by atoms with Crippen LogP contribution >= 0.6 is 15.9 Å². The largest absolute Gasteiger partial charge is 0.281 e. The molecular formula is C12H14BrN3O2S. The van der Waals surface area contributed by atoms with Crippen LogP contribution in [0, 0.1) is 20.8 Å². The zero-order chi connectivity index (χ0) is 14.2. The maximum absolute atomic E-state index is 12.4. The van der Waals surface area contributed by atoms with Gasteiger partial charge in [0.05, 0.1) is 17.1 Å². The Labute approximate surface area is 120 Å². The maximum atomic E-state index is 12.4. The maximum Gasteiger partial charge on any atom is 0.265 e. The van der Waals surface area contributed by atoms with Crippen LogP contribution in [-0.2, 0) is 10.0 Å². The van der Waals surface area contributed by atoms with Crippen molar-refractivity contribution in [3.63, 3.8) is 0 Å². The summed E-state index contributed by atoms with van der Waals surface area (Å²) in [6.07, 6.45) is 0. The number of aryl methyl sites for hydroxylation is 3. The molecule has 102 valence electrons. The van der Waals surface area contributed by atoms with E-state index in [0.29, 0.717) is 17.1 Å². The van der Waals surface area contributed by atoms with Gasteiger partial charge in [-0.1, -0.05) is 15.9 Å². The number of rotatable bonds is 3. The summed E-state index contributed by atoms with van der Waals surface area (Å²) in [6, 6.07) is 5.37. The third kappa shape index (κ3) is 2.82. The molecule has 5 nitrogen and oxygen atoms in total. The lowest BCUT2D eigenvalue weighted by molar-refractivity contribution is 0.600. The molecule has 0 amide bonds. The van der Waals surface area contributed by atoms with Crippen LogP contribution in [0.3, 0.4) is 0 Å². The molecule has 19 heavy (non-hydrogen) atoms. The van der Waals surface area contributed by atoms with E-state index >= 15 is 0 Å². The molecule has 2 aromatic rings. The highest BCUT2D eigenvalue weighted by Gasteiger charge is 2.22. The number of anilines is 1. The first-order valence-electron chi connectivity index (χ1n) is 5.62. The van der Waals surface area contributed by atoms with Gasteiger partial charge in [0, 0.05) is 4.47 Å². The number of benzene rings is 1. The van der Waals surface area contributed by atoms with Gasteiger partial charge < -0.3 is 0 Å². The lowest BCUT2D eigenvalue weighted by Gasteiger charge is -2.11. The number of sulfonamides is 1. The monoisotopic (exact) mass is 343 g/mol. The molecular weight excluding hydrogens is 330 g/mol. The molecule has 0 atom stereocenters.